The van der Waals surface area contributed by atoms with Crippen LogP contribution in [0, 0.1) is 11.3 Å². The van der Waals surface area contributed by atoms with E-state index in [1.54, 1.807) is 0 Å². The third kappa shape index (κ3) is 5.32. The van der Waals surface area contributed by atoms with E-state index in [4.69, 9.17) is 9.73 Å². The molecule has 1 fully saturated rings. The van der Waals surface area contributed by atoms with Crippen molar-refractivity contribution in [3.8, 4) is 0 Å². The predicted molar refractivity (Wildman–Crippen MR) is 95.9 cm³/mol. The summed E-state index contributed by atoms with van der Waals surface area (Å²) in [5.74, 6) is 0.652. The second-order valence-electron chi connectivity index (χ2n) is 8.82. The Labute approximate surface area is 142 Å². The van der Waals surface area contributed by atoms with Gasteiger partial charge in [-0.25, -0.2) is 0 Å². The van der Waals surface area contributed by atoms with Gasteiger partial charge < -0.3 is 4.74 Å². The van der Waals surface area contributed by atoms with E-state index in [1.807, 2.05) is 20.8 Å². The van der Waals surface area contributed by atoms with Gasteiger partial charge in [-0.15, -0.1) is 0 Å². The Bertz CT molecular complexity index is 437. The van der Waals surface area contributed by atoms with Gasteiger partial charge in [-0.3, -0.25) is 9.79 Å². The number of carbonyl (C=O) groups excluding carboxylic acids is 1. The van der Waals surface area contributed by atoms with E-state index in [0.717, 1.165) is 6.42 Å². The smallest absolute Gasteiger partial charge is 0.306 e. The van der Waals surface area contributed by atoms with Gasteiger partial charge in [0.1, 0.15) is 5.60 Å². The standard InChI is InChI=1S/C20H35NO2/c1-15-14-20(16(2)21-15)12-6-8-17(9-7-13-20)10-11-18(22)23-19(3,4)5/h15,17H,6-14H2,1-5H3. The molecule has 1 aliphatic carbocycles. The van der Waals surface area contributed by atoms with Crippen LogP contribution in [0.1, 0.15) is 92.4 Å². The first-order valence-corrected chi connectivity index (χ1v) is 9.47. The zero-order valence-electron chi connectivity index (χ0n) is 15.8. The van der Waals surface area contributed by atoms with E-state index < -0.39 is 0 Å². The summed E-state index contributed by atoms with van der Waals surface area (Å²) in [6.07, 6.45) is 10.5. The summed E-state index contributed by atoms with van der Waals surface area (Å²) in [5.41, 5.74) is 1.44. The molecule has 0 saturated heterocycles. The fourth-order valence-electron chi connectivity index (χ4n) is 4.52. The molecule has 1 unspecified atom stereocenters. The normalized spacial score (nSPS) is 32.3. The highest BCUT2D eigenvalue weighted by molar-refractivity contribution is 5.89. The Hall–Kier alpha value is -0.860. The molecule has 0 aromatic rings. The zero-order chi connectivity index (χ0) is 17.1. The van der Waals surface area contributed by atoms with Crippen molar-refractivity contribution in [1.29, 1.82) is 0 Å². The van der Waals surface area contributed by atoms with Crippen LogP contribution < -0.4 is 0 Å². The van der Waals surface area contributed by atoms with Gasteiger partial charge in [-0.2, -0.15) is 0 Å². The van der Waals surface area contributed by atoms with Crippen LogP contribution in [0.2, 0.25) is 0 Å². The molecule has 0 aromatic carbocycles. The third-order valence-corrected chi connectivity index (χ3v) is 5.58. The van der Waals surface area contributed by atoms with Crippen LogP contribution in [0.4, 0.5) is 0 Å². The van der Waals surface area contributed by atoms with Gasteiger partial charge in [-0.1, -0.05) is 25.7 Å². The molecular formula is C20H35NO2. The fraction of sp³-hybridized carbons (Fsp3) is 0.900. The molecule has 23 heavy (non-hydrogen) atoms. The molecule has 1 spiro atoms. The lowest BCUT2D eigenvalue weighted by molar-refractivity contribution is -0.155. The molecule has 1 heterocycles. The first-order valence-electron chi connectivity index (χ1n) is 9.47. The van der Waals surface area contributed by atoms with Crippen molar-refractivity contribution in [3.63, 3.8) is 0 Å². The van der Waals surface area contributed by atoms with Gasteiger partial charge in [0.25, 0.3) is 0 Å². The van der Waals surface area contributed by atoms with Gasteiger partial charge in [0.05, 0.1) is 0 Å². The van der Waals surface area contributed by atoms with Crippen LogP contribution in [0.3, 0.4) is 0 Å². The van der Waals surface area contributed by atoms with E-state index in [9.17, 15) is 4.79 Å². The number of hydrogen-bond acceptors (Lipinski definition) is 3. The molecular weight excluding hydrogens is 286 g/mol. The maximum Gasteiger partial charge on any atom is 0.306 e. The summed E-state index contributed by atoms with van der Waals surface area (Å²) >= 11 is 0. The predicted octanol–water partition coefficient (Wildman–Crippen LogP) is 5.32. The average Bonchev–Trinajstić information content (AvgIpc) is 2.65. The summed E-state index contributed by atoms with van der Waals surface area (Å²) in [7, 11) is 0. The van der Waals surface area contributed by atoms with Crippen molar-refractivity contribution in [2.45, 2.75) is 104 Å². The van der Waals surface area contributed by atoms with Crippen molar-refractivity contribution < 1.29 is 9.53 Å². The number of ether oxygens (including phenoxy) is 1. The Morgan fingerprint density at radius 1 is 1.26 bits per heavy atom. The Balaban J connectivity index is 1.78. The van der Waals surface area contributed by atoms with Crippen LogP contribution in [-0.4, -0.2) is 23.3 Å². The molecule has 1 aliphatic heterocycles. The Kier molecular flexibility index (Phi) is 5.91. The molecule has 132 valence electrons. The van der Waals surface area contributed by atoms with Crippen LogP contribution in [0.5, 0.6) is 0 Å². The van der Waals surface area contributed by atoms with Crippen LogP contribution >= 0.6 is 0 Å². The molecule has 2 aliphatic rings. The van der Waals surface area contributed by atoms with Gasteiger partial charge in [0, 0.05) is 23.6 Å². The molecule has 0 aromatic heterocycles. The molecule has 0 amide bonds. The Morgan fingerprint density at radius 2 is 1.87 bits per heavy atom. The number of nitrogens with zero attached hydrogens (tertiary/aromatic N) is 1. The lowest BCUT2D eigenvalue weighted by Crippen LogP contribution is -2.29. The summed E-state index contributed by atoms with van der Waals surface area (Å²) in [4.78, 5) is 16.7. The van der Waals surface area contributed by atoms with Gasteiger partial charge in [-0.05, 0) is 66.2 Å². The maximum atomic E-state index is 11.9. The largest absolute Gasteiger partial charge is 0.460 e. The number of esters is 1. The second-order valence-corrected chi connectivity index (χ2v) is 8.82. The monoisotopic (exact) mass is 321 g/mol. The van der Waals surface area contributed by atoms with Crippen molar-refractivity contribution >= 4 is 11.7 Å². The molecule has 0 N–H and O–H groups in total. The van der Waals surface area contributed by atoms with Gasteiger partial charge in [0.15, 0.2) is 0 Å². The first kappa shape index (κ1) is 18.5. The summed E-state index contributed by atoms with van der Waals surface area (Å²) < 4.78 is 5.43. The van der Waals surface area contributed by atoms with E-state index >= 15 is 0 Å². The number of rotatable bonds is 3. The quantitative estimate of drug-likeness (QED) is 0.660. The molecule has 1 saturated carbocycles. The van der Waals surface area contributed by atoms with Crippen molar-refractivity contribution in [3.05, 3.63) is 0 Å². The molecule has 0 bridgehead atoms. The minimum Gasteiger partial charge on any atom is -0.460 e. The summed E-state index contributed by atoms with van der Waals surface area (Å²) in [6, 6.07) is 0.511. The van der Waals surface area contributed by atoms with Gasteiger partial charge in [0.2, 0.25) is 0 Å². The van der Waals surface area contributed by atoms with Crippen LogP contribution in [0.15, 0.2) is 4.99 Å². The number of carbonyl (C=O) groups is 1. The van der Waals surface area contributed by atoms with Crippen LogP contribution in [-0.2, 0) is 9.53 Å². The average molecular weight is 322 g/mol. The molecule has 1 atom stereocenters. The van der Waals surface area contributed by atoms with Crippen molar-refractivity contribution in [2.24, 2.45) is 16.3 Å². The summed E-state index contributed by atoms with van der Waals surface area (Å²) in [5, 5.41) is 0. The highest BCUT2D eigenvalue weighted by atomic mass is 16.6. The van der Waals surface area contributed by atoms with Crippen molar-refractivity contribution in [1.82, 2.24) is 0 Å². The van der Waals surface area contributed by atoms with E-state index in [2.05, 4.69) is 13.8 Å². The second kappa shape index (κ2) is 7.36. The molecule has 0 radical (unpaired) electrons. The van der Waals surface area contributed by atoms with Gasteiger partial charge >= 0.3 is 5.97 Å². The zero-order valence-corrected chi connectivity index (χ0v) is 15.8. The minimum absolute atomic E-state index is 0.0383. The lowest BCUT2D eigenvalue weighted by Gasteiger charge is -2.34. The maximum absolute atomic E-state index is 11.9. The van der Waals surface area contributed by atoms with E-state index in [1.165, 1.54) is 50.7 Å². The third-order valence-electron chi connectivity index (χ3n) is 5.58. The molecule has 3 heteroatoms. The lowest BCUT2D eigenvalue weighted by atomic mass is 9.70. The molecule has 2 rings (SSSR count). The van der Waals surface area contributed by atoms with E-state index in [0.29, 0.717) is 23.8 Å². The number of aliphatic imine (C=N–C) groups is 1. The van der Waals surface area contributed by atoms with Crippen molar-refractivity contribution in [2.75, 3.05) is 0 Å². The van der Waals surface area contributed by atoms with Crippen LogP contribution in [0.25, 0.3) is 0 Å². The topological polar surface area (TPSA) is 38.7 Å². The summed E-state index contributed by atoms with van der Waals surface area (Å²) in [6.45, 7) is 10.3. The minimum atomic E-state index is -0.361. The fourth-order valence-corrected chi connectivity index (χ4v) is 4.52. The number of hydrogen-bond donors (Lipinski definition) is 0. The SMILES string of the molecule is CC1=NC(C)CC12CCCC(CCC(=O)OC(C)(C)C)CCC2. The highest BCUT2D eigenvalue weighted by Crippen LogP contribution is 2.45. The highest BCUT2D eigenvalue weighted by Gasteiger charge is 2.39. The van der Waals surface area contributed by atoms with E-state index in [-0.39, 0.29) is 11.6 Å². The molecule has 3 nitrogen and oxygen atoms in total. The first-order chi connectivity index (χ1) is 10.7. The Morgan fingerprint density at radius 3 is 2.35 bits per heavy atom.